The third kappa shape index (κ3) is 2.40. The fourth-order valence-electron chi connectivity index (χ4n) is 3.18. The van der Waals surface area contributed by atoms with Crippen molar-refractivity contribution in [3.63, 3.8) is 0 Å². The standard InChI is InChI=1S/C11H15F2NO3/c12-10(13)11(17)14-7-1-2-8(14)4-6(3-7)5-9(15)16/h6-8,10H,1-5H2,(H,15,16). The number of hydrogen-bond donors (Lipinski definition) is 1. The topological polar surface area (TPSA) is 57.6 Å². The summed E-state index contributed by atoms with van der Waals surface area (Å²) in [6.07, 6.45) is -0.348. The van der Waals surface area contributed by atoms with Crippen molar-refractivity contribution in [2.45, 2.75) is 50.6 Å². The molecule has 0 aliphatic carbocycles. The molecule has 2 aliphatic heterocycles. The van der Waals surface area contributed by atoms with Crippen LogP contribution in [0.25, 0.3) is 0 Å². The Hall–Kier alpha value is -1.20. The third-order valence-corrected chi connectivity index (χ3v) is 3.74. The molecule has 2 rings (SSSR count). The zero-order valence-corrected chi connectivity index (χ0v) is 9.31. The van der Waals surface area contributed by atoms with E-state index >= 15 is 0 Å². The van der Waals surface area contributed by atoms with Gasteiger partial charge in [0.15, 0.2) is 0 Å². The van der Waals surface area contributed by atoms with Crippen LogP contribution < -0.4 is 0 Å². The lowest BCUT2D eigenvalue weighted by Crippen LogP contribution is -2.49. The van der Waals surface area contributed by atoms with E-state index in [0.717, 1.165) is 12.8 Å². The summed E-state index contributed by atoms with van der Waals surface area (Å²) in [7, 11) is 0. The number of piperidine rings is 1. The van der Waals surface area contributed by atoms with Crippen LogP contribution in [0.5, 0.6) is 0 Å². The van der Waals surface area contributed by atoms with Gasteiger partial charge in [-0.1, -0.05) is 0 Å². The highest BCUT2D eigenvalue weighted by molar-refractivity contribution is 5.80. The zero-order chi connectivity index (χ0) is 12.6. The molecule has 2 atom stereocenters. The molecule has 4 nitrogen and oxygen atoms in total. The van der Waals surface area contributed by atoms with Gasteiger partial charge in [-0.05, 0) is 31.6 Å². The first-order valence-corrected chi connectivity index (χ1v) is 5.81. The first-order valence-electron chi connectivity index (χ1n) is 5.81. The van der Waals surface area contributed by atoms with Crippen LogP contribution >= 0.6 is 0 Å². The summed E-state index contributed by atoms with van der Waals surface area (Å²) in [5.41, 5.74) is 0. The SMILES string of the molecule is O=C(O)CC1CC2CCC(C1)N2C(=O)C(F)F. The Balaban J connectivity index is 2.03. The average Bonchev–Trinajstić information content (AvgIpc) is 2.48. The molecule has 0 aromatic carbocycles. The third-order valence-electron chi connectivity index (χ3n) is 3.74. The minimum Gasteiger partial charge on any atom is -0.481 e. The molecular formula is C11H15F2NO3. The second kappa shape index (κ2) is 4.58. The quantitative estimate of drug-likeness (QED) is 0.822. The maximum absolute atomic E-state index is 12.4. The van der Waals surface area contributed by atoms with Crippen molar-refractivity contribution < 1.29 is 23.5 Å². The maximum Gasteiger partial charge on any atom is 0.315 e. The van der Waals surface area contributed by atoms with Crippen LogP contribution in [0.15, 0.2) is 0 Å². The van der Waals surface area contributed by atoms with Gasteiger partial charge >= 0.3 is 12.4 Å². The molecule has 2 unspecified atom stereocenters. The zero-order valence-electron chi connectivity index (χ0n) is 9.31. The summed E-state index contributed by atoms with van der Waals surface area (Å²) in [4.78, 5) is 23.3. The monoisotopic (exact) mass is 247 g/mol. The van der Waals surface area contributed by atoms with Gasteiger partial charge in [-0.3, -0.25) is 9.59 Å². The first-order chi connectivity index (χ1) is 7.99. The van der Waals surface area contributed by atoms with Gasteiger partial charge in [-0.15, -0.1) is 0 Å². The molecule has 0 aromatic heterocycles. The van der Waals surface area contributed by atoms with Gasteiger partial charge < -0.3 is 10.0 Å². The molecule has 2 aliphatic rings. The summed E-state index contributed by atoms with van der Waals surface area (Å²) in [5.74, 6) is -1.93. The van der Waals surface area contributed by atoms with E-state index in [2.05, 4.69) is 0 Å². The number of amides is 1. The molecule has 0 spiro atoms. The van der Waals surface area contributed by atoms with E-state index < -0.39 is 18.3 Å². The molecule has 2 fully saturated rings. The summed E-state index contributed by atoms with van der Waals surface area (Å²) in [5, 5.41) is 8.72. The number of carbonyl (C=O) groups is 2. The fourth-order valence-corrected chi connectivity index (χ4v) is 3.18. The van der Waals surface area contributed by atoms with Crippen LogP contribution in [0.2, 0.25) is 0 Å². The van der Waals surface area contributed by atoms with E-state index in [-0.39, 0.29) is 24.4 Å². The number of halogens is 2. The molecule has 2 bridgehead atoms. The van der Waals surface area contributed by atoms with E-state index in [4.69, 9.17) is 5.11 Å². The van der Waals surface area contributed by atoms with Crippen molar-refractivity contribution in [2.75, 3.05) is 0 Å². The fraction of sp³-hybridized carbons (Fsp3) is 0.818. The predicted molar refractivity (Wildman–Crippen MR) is 54.6 cm³/mol. The van der Waals surface area contributed by atoms with E-state index in [1.165, 1.54) is 4.90 Å². The Morgan fingerprint density at radius 1 is 1.24 bits per heavy atom. The number of carboxylic acids is 1. The Morgan fingerprint density at radius 2 is 1.76 bits per heavy atom. The molecule has 1 N–H and O–H groups in total. The molecular weight excluding hydrogens is 232 g/mol. The van der Waals surface area contributed by atoms with Gasteiger partial charge in [0, 0.05) is 18.5 Å². The number of carbonyl (C=O) groups excluding carboxylic acids is 1. The molecule has 96 valence electrons. The number of hydrogen-bond acceptors (Lipinski definition) is 2. The van der Waals surface area contributed by atoms with Crippen molar-refractivity contribution in [1.82, 2.24) is 4.90 Å². The molecule has 2 saturated heterocycles. The summed E-state index contributed by atoms with van der Waals surface area (Å²) >= 11 is 0. The number of carboxylic acid groups (broad SMARTS) is 1. The van der Waals surface area contributed by atoms with Crippen LogP contribution in [-0.4, -0.2) is 40.4 Å². The average molecular weight is 247 g/mol. The van der Waals surface area contributed by atoms with Crippen molar-refractivity contribution in [3.8, 4) is 0 Å². The maximum atomic E-state index is 12.4. The van der Waals surface area contributed by atoms with Crippen molar-refractivity contribution in [2.24, 2.45) is 5.92 Å². The molecule has 0 saturated carbocycles. The lowest BCUT2D eigenvalue weighted by molar-refractivity contribution is -0.148. The van der Waals surface area contributed by atoms with Crippen LogP contribution in [0.1, 0.15) is 32.1 Å². The Morgan fingerprint density at radius 3 is 2.18 bits per heavy atom. The number of alkyl halides is 2. The van der Waals surface area contributed by atoms with Crippen LogP contribution in [0.3, 0.4) is 0 Å². The Labute approximate surface area is 97.6 Å². The van der Waals surface area contributed by atoms with Crippen molar-refractivity contribution in [3.05, 3.63) is 0 Å². The highest BCUT2D eigenvalue weighted by Gasteiger charge is 2.45. The summed E-state index contributed by atoms with van der Waals surface area (Å²) in [6.45, 7) is 0. The number of fused-ring (bicyclic) bond motifs is 2. The van der Waals surface area contributed by atoms with Gasteiger partial charge in [0.2, 0.25) is 0 Å². The van der Waals surface area contributed by atoms with Crippen LogP contribution in [0, 0.1) is 5.92 Å². The predicted octanol–water partition coefficient (Wildman–Crippen LogP) is 1.50. The minimum atomic E-state index is -2.95. The first kappa shape index (κ1) is 12.3. The van der Waals surface area contributed by atoms with E-state index in [1.807, 2.05) is 0 Å². The number of rotatable bonds is 3. The second-order valence-corrected chi connectivity index (χ2v) is 4.87. The molecule has 2 heterocycles. The van der Waals surface area contributed by atoms with E-state index in [9.17, 15) is 18.4 Å². The molecule has 1 amide bonds. The van der Waals surface area contributed by atoms with Gasteiger partial charge in [-0.2, -0.15) is 8.78 Å². The van der Waals surface area contributed by atoms with Crippen molar-refractivity contribution >= 4 is 11.9 Å². The van der Waals surface area contributed by atoms with Gasteiger partial charge in [0.1, 0.15) is 0 Å². The van der Waals surface area contributed by atoms with Gasteiger partial charge in [0.05, 0.1) is 0 Å². The largest absolute Gasteiger partial charge is 0.481 e. The Bertz CT molecular complexity index is 321. The highest BCUT2D eigenvalue weighted by atomic mass is 19.3. The van der Waals surface area contributed by atoms with E-state index in [1.54, 1.807) is 0 Å². The van der Waals surface area contributed by atoms with Gasteiger partial charge in [0.25, 0.3) is 5.91 Å². The van der Waals surface area contributed by atoms with E-state index in [0.29, 0.717) is 12.8 Å². The highest BCUT2D eigenvalue weighted by Crippen LogP contribution is 2.40. The second-order valence-electron chi connectivity index (χ2n) is 4.87. The lowest BCUT2D eigenvalue weighted by atomic mass is 9.88. The van der Waals surface area contributed by atoms with Gasteiger partial charge in [-0.25, -0.2) is 0 Å². The molecule has 6 heteroatoms. The van der Waals surface area contributed by atoms with Crippen molar-refractivity contribution in [1.29, 1.82) is 0 Å². The molecule has 17 heavy (non-hydrogen) atoms. The Kier molecular flexibility index (Phi) is 3.31. The van der Waals surface area contributed by atoms with Crippen LogP contribution in [-0.2, 0) is 9.59 Å². The lowest BCUT2D eigenvalue weighted by Gasteiger charge is -2.38. The number of aliphatic carboxylic acids is 1. The summed E-state index contributed by atoms with van der Waals surface area (Å²) < 4.78 is 24.8. The smallest absolute Gasteiger partial charge is 0.315 e. The van der Waals surface area contributed by atoms with Crippen LogP contribution in [0.4, 0.5) is 8.78 Å². The normalized spacial score (nSPS) is 31.9. The molecule has 0 aromatic rings. The summed E-state index contributed by atoms with van der Waals surface area (Å²) in [6, 6.07) is -0.362. The number of nitrogens with zero attached hydrogens (tertiary/aromatic N) is 1. The minimum absolute atomic E-state index is 0.0201. The molecule has 0 radical (unpaired) electrons.